The topological polar surface area (TPSA) is 98.0 Å². The Morgan fingerprint density at radius 3 is 2.71 bits per heavy atom. The maximum absolute atomic E-state index is 12.4. The third-order valence-electron chi connectivity index (χ3n) is 5.98. The van der Waals surface area contributed by atoms with Gasteiger partial charge in [-0.15, -0.1) is 10.2 Å². The molecule has 1 fully saturated rings. The molecule has 1 amide bonds. The molecule has 0 unspecified atom stereocenters. The van der Waals surface area contributed by atoms with E-state index < -0.39 is 0 Å². The molecular formula is C24H27N7O3. The number of hydrogen-bond acceptors (Lipinski definition) is 8. The van der Waals surface area contributed by atoms with Gasteiger partial charge in [0, 0.05) is 18.7 Å². The predicted octanol–water partition coefficient (Wildman–Crippen LogP) is 3.31. The van der Waals surface area contributed by atoms with Crippen LogP contribution in [0.3, 0.4) is 0 Å². The van der Waals surface area contributed by atoms with Crippen molar-refractivity contribution in [1.29, 1.82) is 0 Å². The van der Waals surface area contributed by atoms with Crippen molar-refractivity contribution in [1.82, 2.24) is 29.5 Å². The van der Waals surface area contributed by atoms with E-state index in [-0.39, 0.29) is 17.7 Å². The van der Waals surface area contributed by atoms with E-state index in [1.54, 1.807) is 24.5 Å². The summed E-state index contributed by atoms with van der Waals surface area (Å²) in [6.07, 6.45) is 2.77. The Kier molecular flexibility index (Phi) is 5.43. The van der Waals surface area contributed by atoms with Crippen LogP contribution >= 0.6 is 0 Å². The van der Waals surface area contributed by atoms with Gasteiger partial charge in [-0.1, -0.05) is 30.3 Å². The largest absolute Gasteiger partial charge is 0.487 e. The van der Waals surface area contributed by atoms with Crippen LogP contribution in [-0.2, 0) is 11.3 Å². The third kappa shape index (κ3) is 4.18. The number of anilines is 1. The number of carbonyl (C=O) groups is 1. The van der Waals surface area contributed by atoms with Crippen LogP contribution in [0.25, 0.3) is 16.8 Å². The normalized spacial score (nSPS) is 14.3. The molecule has 3 aromatic heterocycles. The molecule has 10 nitrogen and oxygen atoms in total. The summed E-state index contributed by atoms with van der Waals surface area (Å²) in [5.41, 5.74) is 2.70. The molecule has 1 aliphatic heterocycles. The average Bonchev–Trinajstić information content (AvgIpc) is 3.29. The molecular weight excluding hydrogens is 434 g/mol. The fourth-order valence-electron chi connectivity index (χ4n) is 3.62. The van der Waals surface area contributed by atoms with E-state index in [0.717, 1.165) is 11.1 Å². The lowest BCUT2D eigenvalue weighted by Crippen LogP contribution is -2.55. The van der Waals surface area contributed by atoms with Crippen molar-refractivity contribution < 1.29 is 14.3 Å². The van der Waals surface area contributed by atoms with Gasteiger partial charge in [-0.25, -0.2) is 14.8 Å². The van der Waals surface area contributed by atoms with E-state index in [4.69, 9.17) is 14.5 Å². The number of ether oxygens (including phenoxy) is 2. The predicted molar refractivity (Wildman–Crippen MR) is 127 cm³/mol. The Bertz CT molecular complexity index is 1330. The molecule has 4 aromatic rings. The van der Waals surface area contributed by atoms with Gasteiger partial charge in [-0.2, -0.15) is 0 Å². The van der Waals surface area contributed by atoms with Crippen molar-refractivity contribution in [3.8, 4) is 5.75 Å². The standard InChI is InChI=1S/C24H27N7O3/c1-24(2,3)29(4)23(32)34-18-12-30(13-18)21-22-28-26-15-31(22)19-10-17(11-25-20(19)27-21)33-14-16-8-6-5-7-9-16/h5-11,15,18H,12-14H2,1-4H3. The number of amides is 1. The molecule has 0 atom stereocenters. The first-order chi connectivity index (χ1) is 16.3. The van der Waals surface area contributed by atoms with Crippen molar-refractivity contribution in [3.05, 3.63) is 54.5 Å². The molecule has 10 heteroatoms. The van der Waals surface area contributed by atoms with Crippen LogP contribution in [0.5, 0.6) is 5.75 Å². The lowest BCUT2D eigenvalue weighted by Gasteiger charge is -2.41. The summed E-state index contributed by atoms with van der Waals surface area (Å²) in [5.74, 6) is 1.30. The molecule has 0 radical (unpaired) electrons. The number of carbonyl (C=O) groups excluding carboxylic acids is 1. The van der Waals surface area contributed by atoms with Crippen molar-refractivity contribution in [2.24, 2.45) is 0 Å². The zero-order valence-corrected chi connectivity index (χ0v) is 19.7. The van der Waals surface area contributed by atoms with E-state index in [0.29, 0.717) is 42.6 Å². The number of benzene rings is 1. The van der Waals surface area contributed by atoms with E-state index in [2.05, 4.69) is 15.2 Å². The summed E-state index contributed by atoms with van der Waals surface area (Å²) in [5, 5.41) is 8.35. The average molecular weight is 462 g/mol. The fourth-order valence-corrected chi connectivity index (χ4v) is 3.62. The first-order valence-electron chi connectivity index (χ1n) is 11.2. The molecule has 1 aliphatic rings. The molecule has 0 bridgehead atoms. The van der Waals surface area contributed by atoms with Crippen LogP contribution in [0.1, 0.15) is 26.3 Å². The summed E-state index contributed by atoms with van der Waals surface area (Å²) in [4.78, 5) is 25.2. The van der Waals surface area contributed by atoms with Crippen molar-refractivity contribution in [2.75, 3.05) is 25.0 Å². The van der Waals surface area contributed by atoms with E-state index >= 15 is 0 Å². The van der Waals surface area contributed by atoms with Crippen molar-refractivity contribution in [2.45, 2.75) is 39.0 Å². The lowest BCUT2D eigenvalue weighted by molar-refractivity contribution is 0.0365. The quantitative estimate of drug-likeness (QED) is 0.447. The number of fused-ring (bicyclic) bond motifs is 3. The van der Waals surface area contributed by atoms with Gasteiger partial charge in [0.2, 0.25) is 5.65 Å². The van der Waals surface area contributed by atoms with Gasteiger partial charge in [-0.05, 0) is 26.3 Å². The zero-order valence-electron chi connectivity index (χ0n) is 19.7. The maximum Gasteiger partial charge on any atom is 0.410 e. The van der Waals surface area contributed by atoms with Gasteiger partial charge in [0.15, 0.2) is 11.5 Å². The third-order valence-corrected chi connectivity index (χ3v) is 5.98. The highest BCUT2D eigenvalue weighted by Gasteiger charge is 2.35. The van der Waals surface area contributed by atoms with Crippen LogP contribution < -0.4 is 9.64 Å². The maximum atomic E-state index is 12.4. The minimum atomic E-state index is -0.332. The lowest BCUT2D eigenvalue weighted by atomic mass is 10.1. The van der Waals surface area contributed by atoms with Crippen LogP contribution in [0, 0.1) is 0 Å². The molecule has 5 rings (SSSR count). The van der Waals surface area contributed by atoms with Crippen LogP contribution in [-0.4, -0.2) is 67.3 Å². The number of rotatable bonds is 5. The van der Waals surface area contributed by atoms with Gasteiger partial charge in [0.05, 0.1) is 24.8 Å². The second kappa shape index (κ2) is 8.44. The van der Waals surface area contributed by atoms with Crippen molar-refractivity contribution >= 4 is 28.7 Å². The highest BCUT2D eigenvalue weighted by Crippen LogP contribution is 2.29. The summed E-state index contributed by atoms with van der Waals surface area (Å²) in [6, 6.07) is 11.8. The van der Waals surface area contributed by atoms with Crippen molar-refractivity contribution in [3.63, 3.8) is 0 Å². The number of pyridine rings is 1. The smallest absolute Gasteiger partial charge is 0.410 e. The SMILES string of the molecule is CN(C(=O)OC1CN(c2nc3ncc(OCc4ccccc4)cc3n3cnnc23)C1)C(C)(C)C. The monoisotopic (exact) mass is 461 g/mol. The number of hydrogen-bond donors (Lipinski definition) is 0. The fraction of sp³-hybridized carbons (Fsp3) is 0.375. The Labute approximate surface area is 197 Å². The Morgan fingerprint density at radius 1 is 1.21 bits per heavy atom. The van der Waals surface area contributed by atoms with Gasteiger partial charge in [0.25, 0.3) is 0 Å². The summed E-state index contributed by atoms with van der Waals surface area (Å²) in [6.45, 7) is 7.41. The Balaban J connectivity index is 1.32. The van der Waals surface area contributed by atoms with Crippen LogP contribution in [0.15, 0.2) is 48.9 Å². The minimum Gasteiger partial charge on any atom is -0.487 e. The van der Waals surface area contributed by atoms with E-state index in [1.807, 2.05) is 66.5 Å². The zero-order chi connectivity index (χ0) is 23.9. The summed E-state index contributed by atoms with van der Waals surface area (Å²) >= 11 is 0. The number of aromatic nitrogens is 5. The molecule has 4 heterocycles. The van der Waals surface area contributed by atoms with Crippen LogP contribution in [0.2, 0.25) is 0 Å². The highest BCUT2D eigenvalue weighted by molar-refractivity contribution is 5.81. The molecule has 0 aliphatic carbocycles. The first-order valence-corrected chi connectivity index (χ1v) is 11.2. The Hall–Kier alpha value is -3.95. The number of nitrogens with zero attached hydrogens (tertiary/aromatic N) is 7. The second-order valence-corrected chi connectivity index (χ2v) is 9.39. The van der Waals surface area contributed by atoms with Gasteiger partial charge in [-0.3, -0.25) is 4.40 Å². The van der Waals surface area contributed by atoms with Crippen LogP contribution in [0.4, 0.5) is 10.6 Å². The van der Waals surface area contributed by atoms with Gasteiger partial charge < -0.3 is 19.3 Å². The minimum absolute atomic E-state index is 0.209. The molecule has 0 spiro atoms. The summed E-state index contributed by atoms with van der Waals surface area (Å²) < 4.78 is 13.4. The second-order valence-electron chi connectivity index (χ2n) is 9.39. The molecule has 0 saturated carbocycles. The molecule has 1 saturated heterocycles. The van der Waals surface area contributed by atoms with E-state index in [1.165, 1.54) is 0 Å². The summed E-state index contributed by atoms with van der Waals surface area (Å²) in [7, 11) is 1.74. The highest BCUT2D eigenvalue weighted by atomic mass is 16.6. The van der Waals surface area contributed by atoms with Gasteiger partial charge in [0.1, 0.15) is 24.8 Å². The first kappa shape index (κ1) is 21.9. The molecule has 34 heavy (non-hydrogen) atoms. The molecule has 176 valence electrons. The van der Waals surface area contributed by atoms with E-state index in [9.17, 15) is 4.79 Å². The molecule has 0 N–H and O–H groups in total. The van der Waals surface area contributed by atoms with Gasteiger partial charge >= 0.3 is 6.09 Å². The Morgan fingerprint density at radius 2 is 1.97 bits per heavy atom. The molecule has 1 aromatic carbocycles.